The van der Waals surface area contributed by atoms with Crippen LogP contribution in [0, 0.1) is 0 Å². The highest BCUT2D eigenvalue weighted by atomic mass is 79.9. The fraction of sp³-hybridized carbons (Fsp3) is 0.188. The summed E-state index contributed by atoms with van der Waals surface area (Å²) in [4.78, 5) is 38.8. The summed E-state index contributed by atoms with van der Waals surface area (Å²) in [5, 5.41) is 3.71. The van der Waals surface area contributed by atoms with Crippen LogP contribution in [-0.4, -0.2) is 35.0 Å². The highest BCUT2D eigenvalue weighted by molar-refractivity contribution is 9.10. The number of ether oxygens (including phenoxy) is 1. The fourth-order valence-electron chi connectivity index (χ4n) is 2.25. The maximum Gasteiger partial charge on any atom is 0.336 e. The molecule has 1 saturated heterocycles. The normalized spacial score (nSPS) is 13.5. The van der Waals surface area contributed by atoms with Gasteiger partial charge in [0.05, 0.1) is 11.0 Å². The number of rotatable bonds is 5. The Morgan fingerprint density at radius 1 is 1.28 bits per heavy atom. The molecule has 8 nitrogen and oxygen atoms in total. The first-order valence-electron chi connectivity index (χ1n) is 7.50. The van der Waals surface area contributed by atoms with Gasteiger partial charge in [-0.05, 0) is 21.5 Å². The standard InChI is InChI=1S/C16H15BrN4O4/c17-12-13(15(23)20-21-7-6-18-16(21)24)19-8-11(14(12)22)25-9-10-4-2-1-3-5-10/h1-5,8H,6-7,9H2,(H,18,24)(H,19,22)(H,20,23). The summed E-state index contributed by atoms with van der Waals surface area (Å²) in [5.41, 5.74) is 2.91. The lowest BCUT2D eigenvalue weighted by Gasteiger charge is -2.16. The van der Waals surface area contributed by atoms with Crippen LogP contribution in [0.4, 0.5) is 4.79 Å². The number of carbonyl (C=O) groups is 2. The summed E-state index contributed by atoms with van der Waals surface area (Å²) >= 11 is 3.12. The van der Waals surface area contributed by atoms with E-state index in [1.54, 1.807) is 0 Å². The first kappa shape index (κ1) is 17.0. The first-order valence-corrected chi connectivity index (χ1v) is 8.30. The Balaban J connectivity index is 1.72. The molecule has 3 N–H and O–H groups in total. The summed E-state index contributed by atoms with van der Waals surface area (Å²) in [6.45, 7) is 1.03. The van der Waals surface area contributed by atoms with Crippen LogP contribution >= 0.6 is 15.9 Å². The van der Waals surface area contributed by atoms with Gasteiger partial charge < -0.3 is 15.0 Å². The summed E-state index contributed by atoms with van der Waals surface area (Å²) < 4.78 is 5.55. The molecule has 2 aromatic rings. The van der Waals surface area contributed by atoms with E-state index in [0.717, 1.165) is 10.6 Å². The van der Waals surface area contributed by atoms with Gasteiger partial charge in [-0.3, -0.25) is 15.0 Å². The molecule has 0 spiro atoms. The molecule has 0 unspecified atom stereocenters. The van der Waals surface area contributed by atoms with Gasteiger partial charge in [0.25, 0.3) is 5.91 Å². The molecule has 0 radical (unpaired) electrons. The predicted molar refractivity (Wildman–Crippen MR) is 93.1 cm³/mol. The number of aromatic amines is 1. The number of urea groups is 1. The molecule has 0 aliphatic carbocycles. The third-order valence-electron chi connectivity index (χ3n) is 3.55. The van der Waals surface area contributed by atoms with Gasteiger partial charge >= 0.3 is 6.03 Å². The number of benzene rings is 1. The summed E-state index contributed by atoms with van der Waals surface area (Å²) in [7, 11) is 0. The Bertz CT molecular complexity index is 853. The average molecular weight is 407 g/mol. The van der Waals surface area contributed by atoms with Crippen LogP contribution < -0.4 is 20.9 Å². The monoisotopic (exact) mass is 406 g/mol. The van der Waals surface area contributed by atoms with Crippen LogP contribution in [0.2, 0.25) is 0 Å². The third-order valence-corrected chi connectivity index (χ3v) is 4.30. The quantitative estimate of drug-likeness (QED) is 0.697. The van der Waals surface area contributed by atoms with Crippen molar-refractivity contribution in [2.45, 2.75) is 6.61 Å². The maximum absolute atomic E-state index is 12.4. The van der Waals surface area contributed by atoms with Gasteiger partial charge in [-0.25, -0.2) is 9.80 Å². The van der Waals surface area contributed by atoms with E-state index in [9.17, 15) is 14.4 Å². The minimum Gasteiger partial charge on any atom is -0.483 e. The molecule has 9 heteroatoms. The second-order valence-electron chi connectivity index (χ2n) is 5.27. The van der Waals surface area contributed by atoms with Crippen LogP contribution in [0.15, 0.2) is 45.8 Å². The fourth-order valence-corrected chi connectivity index (χ4v) is 2.74. The molecule has 3 amide bonds. The van der Waals surface area contributed by atoms with Crippen LogP contribution in [0.5, 0.6) is 5.75 Å². The molecule has 1 fully saturated rings. The number of carbonyl (C=O) groups excluding carboxylic acids is 2. The van der Waals surface area contributed by atoms with Gasteiger partial charge in [0, 0.05) is 12.7 Å². The lowest BCUT2D eigenvalue weighted by molar-refractivity contribution is 0.0846. The van der Waals surface area contributed by atoms with E-state index >= 15 is 0 Å². The maximum atomic E-state index is 12.4. The molecule has 25 heavy (non-hydrogen) atoms. The van der Waals surface area contributed by atoms with E-state index < -0.39 is 17.4 Å². The second kappa shape index (κ2) is 7.39. The minimum absolute atomic E-state index is 0.0109. The molecule has 1 aromatic heterocycles. The zero-order valence-electron chi connectivity index (χ0n) is 13.0. The lowest BCUT2D eigenvalue weighted by Crippen LogP contribution is -2.44. The number of hydrogen-bond donors (Lipinski definition) is 3. The molecular formula is C16H15BrN4O4. The average Bonchev–Trinajstić information content (AvgIpc) is 3.02. The van der Waals surface area contributed by atoms with Crippen molar-refractivity contribution in [2.24, 2.45) is 0 Å². The largest absolute Gasteiger partial charge is 0.483 e. The van der Waals surface area contributed by atoms with Gasteiger partial charge in [0.15, 0.2) is 5.75 Å². The zero-order chi connectivity index (χ0) is 17.8. The molecule has 1 aliphatic rings. The molecule has 0 bridgehead atoms. The molecule has 130 valence electrons. The number of pyridine rings is 1. The molecule has 3 rings (SSSR count). The van der Waals surface area contributed by atoms with Crippen molar-refractivity contribution in [3.05, 3.63) is 62.5 Å². The Labute approximate surface area is 151 Å². The molecular weight excluding hydrogens is 392 g/mol. The topological polar surface area (TPSA) is 104 Å². The Morgan fingerprint density at radius 3 is 2.72 bits per heavy atom. The number of amides is 3. The summed E-state index contributed by atoms with van der Waals surface area (Å²) in [6.07, 6.45) is 1.33. The van der Waals surface area contributed by atoms with Crippen molar-refractivity contribution in [3.63, 3.8) is 0 Å². The molecule has 1 aromatic carbocycles. The van der Waals surface area contributed by atoms with Crippen LogP contribution in [0.1, 0.15) is 16.1 Å². The van der Waals surface area contributed by atoms with Crippen molar-refractivity contribution in [1.82, 2.24) is 20.7 Å². The smallest absolute Gasteiger partial charge is 0.336 e. The predicted octanol–water partition coefficient (Wildman–Crippen LogP) is 1.39. The van der Waals surface area contributed by atoms with E-state index in [0.29, 0.717) is 13.1 Å². The van der Waals surface area contributed by atoms with Crippen molar-refractivity contribution in [2.75, 3.05) is 13.1 Å². The highest BCUT2D eigenvalue weighted by Gasteiger charge is 2.24. The summed E-state index contributed by atoms with van der Waals surface area (Å²) in [5.74, 6) is -0.512. The van der Waals surface area contributed by atoms with Gasteiger partial charge in [0.1, 0.15) is 12.3 Å². The van der Waals surface area contributed by atoms with Crippen molar-refractivity contribution >= 4 is 27.9 Å². The van der Waals surface area contributed by atoms with Crippen LogP contribution in [0.3, 0.4) is 0 Å². The Kier molecular flexibility index (Phi) is 5.03. The molecule has 0 saturated carbocycles. The Morgan fingerprint density at radius 2 is 2.04 bits per heavy atom. The number of aromatic nitrogens is 1. The number of hydrogen-bond acceptors (Lipinski definition) is 4. The number of hydrazine groups is 1. The SMILES string of the molecule is O=C(NN1CCNC1=O)c1[nH]cc(OCc2ccccc2)c(=O)c1Br. The third kappa shape index (κ3) is 3.82. The number of nitrogens with zero attached hydrogens (tertiary/aromatic N) is 1. The van der Waals surface area contributed by atoms with Crippen molar-refractivity contribution in [3.8, 4) is 5.75 Å². The van der Waals surface area contributed by atoms with E-state index in [1.807, 2.05) is 30.3 Å². The Hall–Kier alpha value is -2.81. The van der Waals surface area contributed by atoms with E-state index in [1.165, 1.54) is 6.20 Å². The van der Waals surface area contributed by atoms with Crippen LogP contribution in [0.25, 0.3) is 0 Å². The first-order chi connectivity index (χ1) is 12.1. The lowest BCUT2D eigenvalue weighted by atomic mass is 10.2. The van der Waals surface area contributed by atoms with Gasteiger partial charge in [-0.1, -0.05) is 30.3 Å². The number of H-pyrrole nitrogens is 1. The van der Waals surface area contributed by atoms with E-state index in [4.69, 9.17) is 4.74 Å². The van der Waals surface area contributed by atoms with Gasteiger partial charge in [0.2, 0.25) is 5.43 Å². The number of halogens is 1. The zero-order valence-corrected chi connectivity index (χ0v) is 14.6. The minimum atomic E-state index is -0.601. The highest BCUT2D eigenvalue weighted by Crippen LogP contribution is 2.15. The van der Waals surface area contributed by atoms with E-state index in [2.05, 4.69) is 31.7 Å². The van der Waals surface area contributed by atoms with Crippen molar-refractivity contribution in [1.29, 1.82) is 0 Å². The molecule has 2 heterocycles. The molecule has 0 atom stereocenters. The van der Waals surface area contributed by atoms with E-state index in [-0.39, 0.29) is 22.5 Å². The van der Waals surface area contributed by atoms with Crippen molar-refractivity contribution < 1.29 is 14.3 Å². The van der Waals surface area contributed by atoms with Gasteiger partial charge in [-0.15, -0.1) is 0 Å². The van der Waals surface area contributed by atoms with Gasteiger partial charge in [-0.2, -0.15) is 0 Å². The van der Waals surface area contributed by atoms with Crippen LogP contribution in [-0.2, 0) is 6.61 Å². The number of nitrogens with one attached hydrogen (secondary N) is 3. The summed E-state index contributed by atoms with van der Waals surface area (Å²) in [6, 6.07) is 9.01. The molecule has 1 aliphatic heterocycles. The second-order valence-corrected chi connectivity index (χ2v) is 6.06.